The van der Waals surface area contributed by atoms with Gasteiger partial charge in [-0.1, -0.05) is 32.6 Å². The molecule has 3 heteroatoms. The molecule has 100 valence electrons. The van der Waals surface area contributed by atoms with Gasteiger partial charge in [0.1, 0.15) is 0 Å². The van der Waals surface area contributed by atoms with E-state index in [1.165, 1.54) is 50.7 Å². The van der Waals surface area contributed by atoms with Crippen LogP contribution in [0.5, 0.6) is 0 Å². The number of hydrogen-bond donors (Lipinski definition) is 1. The molecule has 1 saturated heterocycles. The summed E-state index contributed by atoms with van der Waals surface area (Å²) in [6.07, 6.45) is 9.75. The Morgan fingerprint density at radius 2 is 1.88 bits per heavy atom. The predicted molar refractivity (Wildman–Crippen MR) is 77.6 cm³/mol. The minimum Gasteiger partial charge on any atom is -0.329 e. The fourth-order valence-electron chi connectivity index (χ4n) is 3.51. The zero-order valence-electron chi connectivity index (χ0n) is 11.5. The Bertz CT molecular complexity index is 238. The fourth-order valence-corrected chi connectivity index (χ4v) is 4.98. The quantitative estimate of drug-likeness (QED) is 0.787. The van der Waals surface area contributed by atoms with Crippen LogP contribution in [0, 0.1) is 0 Å². The lowest BCUT2D eigenvalue weighted by Crippen LogP contribution is -2.56. The third kappa shape index (κ3) is 2.99. The van der Waals surface area contributed by atoms with E-state index in [2.05, 4.69) is 30.6 Å². The lowest BCUT2D eigenvalue weighted by atomic mass is 9.91. The summed E-state index contributed by atoms with van der Waals surface area (Å²) >= 11 is 2.10. The summed E-state index contributed by atoms with van der Waals surface area (Å²) in [6.45, 7) is 3.18. The minimum atomic E-state index is 0.291. The van der Waals surface area contributed by atoms with Crippen LogP contribution in [0.25, 0.3) is 0 Å². The maximum absolute atomic E-state index is 6.12. The average molecular weight is 256 g/mol. The molecule has 1 heterocycles. The second-order valence-corrected chi connectivity index (χ2v) is 7.44. The van der Waals surface area contributed by atoms with Gasteiger partial charge < -0.3 is 5.73 Å². The number of likely N-dealkylation sites (N-methyl/N-ethyl adjacent to an activating group) is 1. The molecule has 0 aromatic heterocycles. The van der Waals surface area contributed by atoms with Crippen molar-refractivity contribution in [1.29, 1.82) is 0 Å². The second kappa shape index (κ2) is 5.94. The summed E-state index contributed by atoms with van der Waals surface area (Å²) < 4.78 is 0. The van der Waals surface area contributed by atoms with Crippen LogP contribution < -0.4 is 5.73 Å². The van der Waals surface area contributed by atoms with Crippen molar-refractivity contribution in [3.8, 4) is 0 Å². The van der Waals surface area contributed by atoms with Crippen LogP contribution >= 0.6 is 11.8 Å². The van der Waals surface area contributed by atoms with E-state index in [-0.39, 0.29) is 0 Å². The molecule has 2 fully saturated rings. The van der Waals surface area contributed by atoms with E-state index >= 15 is 0 Å². The molecular weight excluding hydrogens is 228 g/mol. The van der Waals surface area contributed by atoms with Gasteiger partial charge in [0.2, 0.25) is 0 Å². The molecule has 0 bridgehead atoms. The Kier molecular flexibility index (Phi) is 4.79. The highest BCUT2D eigenvalue weighted by atomic mass is 32.2. The monoisotopic (exact) mass is 256 g/mol. The van der Waals surface area contributed by atoms with Crippen LogP contribution in [0.4, 0.5) is 0 Å². The van der Waals surface area contributed by atoms with Gasteiger partial charge in [0, 0.05) is 29.1 Å². The lowest BCUT2D eigenvalue weighted by molar-refractivity contribution is 0.0852. The zero-order chi connectivity index (χ0) is 12.3. The summed E-state index contributed by atoms with van der Waals surface area (Å²) in [6, 6.07) is 0.784. The molecule has 1 saturated carbocycles. The Labute approximate surface area is 111 Å². The summed E-state index contributed by atoms with van der Waals surface area (Å²) in [4.78, 5) is 2.66. The Hall–Kier alpha value is 0.270. The van der Waals surface area contributed by atoms with Crippen molar-refractivity contribution in [2.45, 2.75) is 68.7 Å². The van der Waals surface area contributed by atoms with Gasteiger partial charge in [-0.3, -0.25) is 4.90 Å². The number of nitrogens with two attached hydrogens (primary N) is 1. The van der Waals surface area contributed by atoms with Crippen molar-refractivity contribution in [3.05, 3.63) is 0 Å². The van der Waals surface area contributed by atoms with Crippen LogP contribution in [-0.4, -0.2) is 41.1 Å². The molecule has 2 aliphatic rings. The lowest BCUT2D eigenvalue weighted by Gasteiger charge is -2.42. The van der Waals surface area contributed by atoms with Crippen molar-refractivity contribution in [1.82, 2.24) is 4.90 Å². The van der Waals surface area contributed by atoms with Crippen molar-refractivity contribution in [2.75, 3.05) is 19.3 Å². The minimum absolute atomic E-state index is 0.291. The Morgan fingerprint density at radius 3 is 2.35 bits per heavy atom. The van der Waals surface area contributed by atoms with Gasteiger partial charge in [-0.15, -0.1) is 0 Å². The summed E-state index contributed by atoms with van der Waals surface area (Å²) in [5, 5.41) is 0.784. The summed E-state index contributed by atoms with van der Waals surface area (Å²) in [7, 11) is 2.33. The van der Waals surface area contributed by atoms with E-state index in [4.69, 9.17) is 5.73 Å². The Morgan fingerprint density at radius 1 is 1.24 bits per heavy atom. The molecule has 2 N–H and O–H groups in total. The fraction of sp³-hybridized carbons (Fsp3) is 1.00. The van der Waals surface area contributed by atoms with Gasteiger partial charge in [0.15, 0.2) is 0 Å². The smallest absolute Gasteiger partial charge is 0.0432 e. The van der Waals surface area contributed by atoms with Gasteiger partial charge in [-0.2, -0.15) is 11.8 Å². The predicted octanol–water partition coefficient (Wildman–Crippen LogP) is 2.86. The van der Waals surface area contributed by atoms with Crippen LogP contribution in [0.15, 0.2) is 0 Å². The zero-order valence-corrected chi connectivity index (χ0v) is 12.3. The summed E-state index contributed by atoms with van der Waals surface area (Å²) in [5.74, 6) is 1.23. The molecule has 1 aliphatic heterocycles. The van der Waals surface area contributed by atoms with Gasteiger partial charge in [-0.05, 0) is 26.3 Å². The van der Waals surface area contributed by atoms with Crippen LogP contribution in [0.3, 0.4) is 0 Å². The molecule has 2 unspecified atom stereocenters. The number of nitrogens with zero attached hydrogens (tertiary/aromatic N) is 1. The van der Waals surface area contributed by atoms with Crippen LogP contribution in [0.2, 0.25) is 0 Å². The molecule has 0 spiro atoms. The molecule has 0 aromatic rings. The third-order valence-electron chi connectivity index (χ3n) is 4.80. The molecule has 2 nitrogen and oxygen atoms in total. The van der Waals surface area contributed by atoms with Crippen molar-refractivity contribution < 1.29 is 0 Å². The van der Waals surface area contributed by atoms with Crippen molar-refractivity contribution >= 4 is 11.8 Å². The van der Waals surface area contributed by atoms with Crippen LogP contribution in [-0.2, 0) is 0 Å². The number of rotatable bonds is 3. The average Bonchev–Trinajstić information content (AvgIpc) is 2.56. The van der Waals surface area contributed by atoms with Gasteiger partial charge in [0.05, 0.1) is 0 Å². The standard InChI is InChI=1S/C14H28N2S/c1-12-9-14(10-15,11-17-12)16(2)13-7-5-3-4-6-8-13/h12-13H,3-11,15H2,1-2H3. The highest BCUT2D eigenvalue weighted by Crippen LogP contribution is 2.39. The van der Waals surface area contributed by atoms with Gasteiger partial charge in [-0.25, -0.2) is 0 Å². The first-order chi connectivity index (χ1) is 8.18. The number of hydrogen-bond acceptors (Lipinski definition) is 3. The first kappa shape index (κ1) is 13.7. The molecule has 17 heavy (non-hydrogen) atoms. The molecule has 2 atom stereocenters. The molecule has 1 aliphatic carbocycles. The van der Waals surface area contributed by atoms with Crippen LogP contribution in [0.1, 0.15) is 51.9 Å². The number of thioether (sulfide) groups is 1. The SMILES string of the molecule is CC1CC(CN)(N(C)C2CCCCCC2)CS1. The third-order valence-corrected chi connectivity index (χ3v) is 6.24. The maximum Gasteiger partial charge on any atom is 0.0432 e. The first-order valence-corrected chi connectivity index (χ1v) is 8.27. The van der Waals surface area contributed by atoms with E-state index < -0.39 is 0 Å². The van der Waals surface area contributed by atoms with Crippen molar-refractivity contribution in [3.63, 3.8) is 0 Å². The van der Waals surface area contributed by atoms with E-state index in [1.54, 1.807) is 0 Å². The van der Waals surface area contributed by atoms with E-state index in [0.29, 0.717) is 5.54 Å². The van der Waals surface area contributed by atoms with Gasteiger partial charge in [0.25, 0.3) is 0 Å². The van der Waals surface area contributed by atoms with Gasteiger partial charge >= 0.3 is 0 Å². The molecule has 0 aromatic carbocycles. The maximum atomic E-state index is 6.12. The molecular formula is C14H28N2S. The summed E-state index contributed by atoms with van der Waals surface area (Å²) in [5.41, 5.74) is 6.41. The van der Waals surface area contributed by atoms with E-state index in [9.17, 15) is 0 Å². The largest absolute Gasteiger partial charge is 0.329 e. The highest BCUT2D eigenvalue weighted by Gasteiger charge is 2.42. The van der Waals surface area contributed by atoms with E-state index in [0.717, 1.165) is 17.8 Å². The molecule has 2 rings (SSSR count). The van der Waals surface area contributed by atoms with E-state index in [1.807, 2.05) is 0 Å². The van der Waals surface area contributed by atoms with Crippen molar-refractivity contribution in [2.24, 2.45) is 5.73 Å². The highest BCUT2D eigenvalue weighted by molar-refractivity contribution is 8.00. The second-order valence-electron chi connectivity index (χ2n) is 6.01. The molecule has 0 amide bonds. The molecule has 0 radical (unpaired) electrons. The topological polar surface area (TPSA) is 29.3 Å². The first-order valence-electron chi connectivity index (χ1n) is 7.22. The normalized spacial score (nSPS) is 36.4. The Balaban J connectivity index is 2.02.